The van der Waals surface area contributed by atoms with Gasteiger partial charge in [0.15, 0.2) is 0 Å². The lowest BCUT2D eigenvalue weighted by Gasteiger charge is -2.13. The first kappa shape index (κ1) is 16.3. The molecular formula is C19H10N4O4S. The van der Waals surface area contributed by atoms with Gasteiger partial charge in [-0.15, -0.1) is 0 Å². The Balaban J connectivity index is 1.53. The van der Waals surface area contributed by atoms with Gasteiger partial charge in [0.05, 0.1) is 22.1 Å². The minimum Gasteiger partial charge on any atom is -0.492 e. The Morgan fingerprint density at radius 3 is 2.29 bits per heavy atom. The molecule has 0 unspecified atom stereocenters. The number of amides is 3. The standard InChI is InChI=1S/C19H10N4O4S/c24-15-13(11-7-3-4-8-12(11)20-15)14-16(25)21-19(28-14)22-23-17(26)9-5-1-2-6-10(9)18(23)27/h1-8,25H,(H,21,22). The predicted octanol–water partition coefficient (Wildman–Crippen LogP) is 0.831. The molecule has 136 valence electrons. The highest BCUT2D eigenvalue weighted by atomic mass is 32.1. The second-order valence-corrected chi connectivity index (χ2v) is 7.08. The largest absolute Gasteiger partial charge is 0.492 e. The van der Waals surface area contributed by atoms with Crippen LogP contribution in [0.15, 0.2) is 53.5 Å². The van der Waals surface area contributed by atoms with Gasteiger partial charge in [-0.2, -0.15) is 9.99 Å². The maximum atomic E-state index is 12.5. The first-order chi connectivity index (χ1) is 13.5. The molecule has 28 heavy (non-hydrogen) atoms. The molecule has 0 saturated carbocycles. The number of hydrogen-bond acceptors (Lipinski definition) is 7. The van der Waals surface area contributed by atoms with Crippen molar-refractivity contribution in [2.24, 2.45) is 4.99 Å². The van der Waals surface area contributed by atoms with Crippen molar-refractivity contribution >= 4 is 39.8 Å². The monoisotopic (exact) mass is 390 g/mol. The summed E-state index contributed by atoms with van der Waals surface area (Å²) in [6.07, 6.45) is 0. The van der Waals surface area contributed by atoms with Crippen molar-refractivity contribution in [1.82, 2.24) is 9.99 Å². The lowest BCUT2D eigenvalue weighted by Crippen LogP contribution is -2.35. The summed E-state index contributed by atoms with van der Waals surface area (Å²) in [4.78, 5) is 45.4. The van der Waals surface area contributed by atoms with Gasteiger partial charge in [-0.05, 0) is 18.2 Å². The number of imide groups is 1. The predicted molar refractivity (Wildman–Crippen MR) is 99.1 cm³/mol. The van der Waals surface area contributed by atoms with E-state index in [0.29, 0.717) is 10.6 Å². The number of aromatic hydroxyl groups is 1. The highest BCUT2D eigenvalue weighted by Gasteiger charge is 2.36. The summed E-state index contributed by atoms with van der Waals surface area (Å²) in [6, 6.07) is 13.4. The van der Waals surface area contributed by atoms with Crippen LogP contribution in [0.2, 0.25) is 0 Å². The molecule has 9 heteroatoms. The normalized spacial score (nSPS) is 14.9. The summed E-state index contributed by atoms with van der Waals surface area (Å²) < 4.78 is 0. The van der Waals surface area contributed by atoms with E-state index in [0.717, 1.165) is 16.3 Å². The van der Waals surface area contributed by atoms with Crippen molar-refractivity contribution < 1.29 is 19.5 Å². The van der Waals surface area contributed by atoms with Gasteiger partial charge in [0.1, 0.15) is 4.88 Å². The van der Waals surface area contributed by atoms with Crippen molar-refractivity contribution in [2.75, 3.05) is 5.43 Å². The number of aromatic nitrogens is 1. The van der Waals surface area contributed by atoms with Crippen LogP contribution < -0.4 is 16.0 Å². The second kappa shape index (κ2) is 5.83. The minimum atomic E-state index is -0.512. The molecule has 0 saturated heterocycles. The first-order valence-electron chi connectivity index (χ1n) is 8.21. The molecule has 0 radical (unpaired) electrons. The van der Waals surface area contributed by atoms with E-state index in [2.05, 4.69) is 15.4 Å². The third-order valence-electron chi connectivity index (χ3n) is 4.45. The average molecular weight is 390 g/mol. The Bertz CT molecular complexity index is 1290. The third kappa shape index (κ3) is 2.26. The number of nitrogens with one attached hydrogen (secondary N) is 1. The molecule has 2 aromatic carbocycles. The highest BCUT2D eigenvalue weighted by Crippen LogP contribution is 2.35. The summed E-state index contributed by atoms with van der Waals surface area (Å²) >= 11 is 0.958. The van der Waals surface area contributed by atoms with Gasteiger partial charge >= 0.3 is 0 Å². The number of para-hydroxylation sites is 1. The zero-order chi connectivity index (χ0) is 19.4. The Morgan fingerprint density at radius 1 is 0.929 bits per heavy atom. The molecule has 3 aromatic rings. The van der Waals surface area contributed by atoms with Gasteiger partial charge in [0.25, 0.3) is 17.7 Å². The molecule has 5 rings (SSSR count). The summed E-state index contributed by atoms with van der Waals surface area (Å²) in [6.45, 7) is 0. The fourth-order valence-corrected chi connectivity index (χ4v) is 4.09. The molecule has 3 heterocycles. The van der Waals surface area contributed by atoms with Crippen LogP contribution in [0.4, 0.5) is 5.13 Å². The van der Waals surface area contributed by atoms with E-state index in [1.54, 1.807) is 48.5 Å². The fraction of sp³-hybridized carbons (Fsp3) is 0. The molecule has 0 fully saturated rings. The van der Waals surface area contributed by atoms with Crippen LogP contribution in [-0.2, 0) is 4.79 Å². The van der Waals surface area contributed by atoms with E-state index in [1.807, 2.05) is 0 Å². The maximum Gasteiger partial charge on any atom is 0.280 e. The van der Waals surface area contributed by atoms with Crippen molar-refractivity contribution in [3.63, 3.8) is 0 Å². The van der Waals surface area contributed by atoms with Gasteiger partial charge in [0, 0.05) is 5.22 Å². The number of fused-ring (bicyclic) bond motifs is 2. The molecule has 1 aromatic heterocycles. The van der Waals surface area contributed by atoms with Crippen LogP contribution >= 0.6 is 11.3 Å². The second-order valence-electron chi connectivity index (χ2n) is 6.08. The number of rotatable bonds is 3. The summed E-state index contributed by atoms with van der Waals surface area (Å²) in [5.41, 5.74) is 3.45. The quantitative estimate of drug-likeness (QED) is 0.641. The molecule has 2 N–H and O–H groups in total. The third-order valence-corrected chi connectivity index (χ3v) is 5.41. The zero-order valence-electron chi connectivity index (χ0n) is 14.0. The molecule has 2 aliphatic heterocycles. The van der Waals surface area contributed by atoms with Crippen LogP contribution in [0, 0.1) is 0 Å². The van der Waals surface area contributed by atoms with E-state index in [4.69, 9.17) is 0 Å². The molecule has 0 bridgehead atoms. The smallest absolute Gasteiger partial charge is 0.280 e. The van der Waals surface area contributed by atoms with Crippen molar-refractivity contribution in [3.8, 4) is 5.88 Å². The van der Waals surface area contributed by atoms with E-state index in [9.17, 15) is 19.5 Å². The summed E-state index contributed by atoms with van der Waals surface area (Å²) in [5.74, 6) is -1.88. The lowest BCUT2D eigenvalue weighted by atomic mass is 10.1. The van der Waals surface area contributed by atoms with Crippen molar-refractivity contribution in [1.29, 1.82) is 0 Å². The Labute approximate surface area is 161 Å². The fourth-order valence-electron chi connectivity index (χ4n) is 3.19. The average Bonchev–Trinajstić information content (AvgIpc) is 3.29. The SMILES string of the molecule is O=C1N=c2ccccc2=C1c1sc(NN2C(=O)c3ccccc3C2=O)nc1O. The highest BCUT2D eigenvalue weighted by molar-refractivity contribution is 7.17. The van der Waals surface area contributed by atoms with Gasteiger partial charge in [-0.1, -0.05) is 41.7 Å². The van der Waals surface area contributed by atoms with Gasteiger partial charge in [-0.3, -0.25) is 19.8 Å². The molecule has 0 aliphatic carbocycles. The number of carbonyl (C=O) groups is 3. The van der Waals surface area contributed by atoms with Crippen LogP contribution in [0.3, 0.4) is 0 Å². The van der Waals surface area contributed by atoms with E-state index >= 15 is 0 Å². The molecule has 0 atom stereocenters. The Hall–Kier alpha value is -3.85. The molecule has 8 nitrogen and oxygen atoms in total. The van der Waals surface area contributed by atoms with Crippen LogP contribution in [0.5, 0.6) is 5.88 Å². The number of thiazole rings is 1. The number of benzene rings is 2. The van der Waals surface area contributed by atoms with Gasteiger partial charge < -0.3 is 5.11 Å². The summed E-state index contributed by atoms with van der Waals surface area (Å²) in [7, 11) is 0. The molecule has 3 amide bonds. The zero-order valence-corrected chi connectivity index (χ0v) is 14.9. The van der Waals surface area contributed by atoms with Crippen LogP contribution in [0.25, 0.3) is 5.57 Å². The van der Waals surface area contributed by atoms with Crippen LogP contribution in [0.1, 0.15) is 25.6 Å². The van der Waals surface area contributed by atoms with Crippen molar-refractivity contribution in [3.05, 3.63) is 75.1 Å². The number of nitrogens with zero attached hydrogens (tertiary/aromatic N) is 3. The van der Waals surface area contributed by atoms with E-state index in [-0.39, 0.29) is 32.6 Å². The lowest BCUT2D eigenvalue weighted by molar-refractivity contribution is -0.112. The number of hydrazine groups is 1. The first-order valence-corrected chi connectivity index (χ1v) is 9.03. The topological polar surface area (TPSA) is 112 Å². The number of anilines is 1. The number of hydrogen-bond donors (Lipinski definition) is 2. The number of carbonyl (C=O) groups excluding carboxylic acids is 3. The Kier molecular flexibility index (Phi) is 3.40. The molecule has 0 spiro atoms. The molecular weight excluding hydrogens is 380 g/mol. The van der Waals surface area contributed by atoms with Gasteiger partial charge in [0.2, 0.25) is 11.0 Å². The summed E-state index contributed by atoms with van der Waals surface area (Å²) in [5, 5.41) is 12.3. The maximum absolute atomic E-state index is 12.5. The van der Waals surface area contributed by atoms with Gasteiger partial charge in [-0.25, -0.2) is 4.99 Å². The van der Waals surface area contributed by atoms with E-state index < -0.39 is 17.7 Å². The molecule has 2 aliphatic rings. The minimum absolute atomic E-state index is 0.103. The van der Waals surface area contributed by atoms with Crippen LogP contribution in [-0.4, -0.2) is 32.8 Å². The van der Waals surface area contributed by atoms with E-state index in [1.165, 1.54) is 0 Å². The Morgan fingerprint density at radius 2 is 1.57 bits per heavy atom. The van der Waals surface area contributed by atoms with Crippen molar-refractivity contribution in [2.45, 2.75) is 0 Å².